The third-order valence-electron chi connectivity index (χ3n) is 4.83. The zero-order valence-corrected chi connectivity index (χ0v) is 14.2. The van der Waals surface area contributed by atoms with Crippen molar-refractivity contribution < 1.29 is 5.11 Å². The van der Waals surface area contributed by atoms with Crippen LogP contribution in [0.4, 0.5) is 0 Å². The molecule has 0 atom stereocenters. The second kappa shape index (κ2) is 5.46. The second-order valence-electron chi connectivity index (χ2n) is 6.42. The van der Waals surface area contributed by atoms with E-state index in [1.807, 2.05) is 48.3 Å². The number of rotatable bonds is 2. The maximum Gasteiger partial charge on any atom is 0.203 e. The number of aromatic hydroxyl groups is 1. The molecule has 5 rings (SSSR count). The number of fused-ring (bicyclic) bond motifs is 2. The Morgan fingerprint density at radius 2 is 1.69 bits per heavy atom. The molecule has 0 aliphatic rings. The predicted octanol–water partition coefficient (Wildman–Crippen LogP) is 4.28. The molecule has 5 aromatic rings. The first-order valence-electron chi connectivity index (χ1n) is 8.35. The average molecular weight is 340 g/mol. The summed E-state index contributed by atoms with van der Waals surface area (Å²) in [6, 6.07) is 14.3. The van der Waals surface area contributed by atoms with Gasteiger partial charge in [0.25, 0.3) is 0 Å². The summed E-state index contributed by atoms with van der Waals surface area (Å²) in [6.45, 7) is 0. The Hall–Kier alpha value is -3.60. The minimum Gasteiger partial charge on any atom is -0.494 e. The van der Waals surface area contributed by atoms with Crippen molar-refractivity contribution in [1.29, 1.82) is 0 Å². The Kier molecular flexibility index (Phi) is 3.09. The molecule has 0 bridgehead atoms. The average Bonchev–Trinajstić information content (AvgIpc) is 3.22. The lowest BCUT2D eigenvalue weighted by Crippen LogP contribution is -1.92. The van der Waals surface area contributed by atoms with Gasteiger partial charge in [0.05, 0.1) is 5.69 Å². The Balaban J connectivity index is 1.68. The highest BCUT2D eigenvalue weighted by molar-refractivity contribution is 5.93. The lowest BCUT2D eigenvalue weighted by Gasteiger charge is -2.06. The number of nitrogens with zero attached hydrogens (tertiary/aromatic N) is 4. The van der Waals surface area contributed by atoms with Gasteiger partial charge >= 0.3 is 0 Å². The zero-order valence-electron chi connectivity index (χ0n) is 14.2. The van der Waals surface area contributed by atoms with Crippen molar-refractivity contribution >= 4 is 21.7 Å². The Labute approximate surface area is 149 Å². The van der Waals surface area contributed by atoms with E-state index >= 15 is 0 Å². The molecule has 3 aromatic heterocycles. The fraction of sp³-hybridized carbons (Fsp3) is 0.0476. The third kappa shape index (κ3) is 2.18. The largest absolute Gasteiger partial charge is 0.494 e. The van der Waals surface area contributed by atoms with Crippen LogP contribution in [0.2, 0.25) is 0 Å². The van der Waals surface area contributed by atoms with Crippen molar-refractivity contribution in [3.05, 3.63) is 73.6 Å². The molecular formula is C21H16N4O. The molecule has 126 valence electrons. The van der Waals surface area contributed by atoms with Gasteiger partial charge in [-0.15, -0.1) is 0 Å². The summed E-state index contributed by atoms with van der Waals surface area (Å²) >= 11 is 0. The minimum absolute atomic E-state index is 0.229. The molecular weight excluding hydrogens is 324 g/mol. The van der Waals surface area contributed by atoms with Crippen LogP contribution in [0.5, 0.6) is 5.88 Å². The molecule has 0 aliphatic heterocycles. The zero-order chi connectivity index (χ0) is 17.7. The summed E-state index contributed by atoms with van der Waals surface area (Å²) < 4.78 is 3.90. The molecule has 0 saturated heterocycles. The van der Waals surface area contributed by atoms with E-state index in [1.165, 1.54) is 11.7 Å². The highest BCUT2D eigenvalue weighted by Gasteiger charge is 2.12. The van der Waals surface area contributed by atoms with Gasteiger partial charge < -0.3 is 9.67 Å². The highest BCUT2D eigenvalue weighted by Crippen LogP contribution is 2.34. The van der Waals surface area contributed by atoms with Crippen LogP contribution in [0.3, 0.4) is 0 Å². The lowest BCUT2D eigenvalue weighted by atomic mass is 10.1. The van der Waals surface area contributed by atoms with Gasteiger partial charge in [0.15, 0.2) is 0 Å². The molecule has 5 heteroatoms. The number of aryl methyl sites for hydroxylation is 1. The normalized spacial score (nSPS) is 11.4. The molecule has 0 saturated carbocycles. The molecule has 26 heavy (non-hydrogen) atoms. The van der Waals surface area contributed by atoms with Gasteiger partial charge in [-0.3, -0.25) is 4.57 Å². The molecule has 1 N–H and O–H groups in total. The standard InChI is InChI=1S/C21H16N4O/c1-24-7-6-14-4-5-18(9-20(14)24)25-12-16-3-2-15(8-19(16)21(25)26)17-10-22-13-23-11-17/h2-13,26H,1H3. The van der Waals surface area contributed by atoms with Crippen LogP contribution in [0.15, 0.2) is 73.6 Å². The third-order valence-corrected chi connectivity index (χ3v) is 4.83. The van der Waals surface area contributed by atoms with Crippen molar-refractivity contribution in [3.8, 4) is 22.7 Å². The van der Waals surface area contributed by atoms with Crippen molar-refractivity contribution in [3.63, 3.8) is 0 Å². The summed E-state index contributed by atoms with van der Waals surface area (Å²) in [7, 11) is 2.02. The van der Waals surface area contributed by atoms with Gasteiger partial charge in [-0.2, -0.15) is 0 Å². The van der Waals surface area contributed by atoms with Crippen LogP contribution < -0.4 is 0 Å². The monoisotopic (exact) mass is 340 g/mol. The molecule has 0 unspecified atom stereocenters. The van der Waals surface area contributed by atoms with Crippen LogP contribution in [-0.2, 0) is 7.05 Å². The topological polar surface area (TPSA) is 55.9 Å². The Morgan fingerprint density at radius 1 is 0.885 bits per heavy atom. The van der Waals surface area contributed by atoms with Crippen LogP contribution in [0, 0.1) is 0 Å². The van der Waals surface area contributed by atoms with Gasteiger partial charge in [-0.1, -0.05) is 18.2 Å². The van der Waals surface area contributed by atoms with Gasteiger partial charge in [0.2, 0.25) is 5.88 Å². The maximum atomic E-state index is 10.8. The first kappa shape index (κ1) is 14.7. The van der Waals surface area contributed by atoms with Crippen LogP contribution >= 0.6 is 0 Å². The van der Waals surface area contributed by atoms with E-state index in [1.54, 1.807) is 12.4 Å². The van der Waals surface area contributed by atoms with E-state index in [9.17, 15) is 5.11 Å². The Morgan fingerprint density at radius 3 is 2.54 bits per heavy atom. The molecule has 2 aromatic carbocycles. The Bertz CT molecular complexity index is 1250. The van der Waals surface area contributed by atoms with E-state index in [0.29, 0.717) is 0 Å². The van der Waals surface area contributed by atoms with Gasteiger partial charge in [0.1, 0.15) is 6.33 Å². The fourth-order valence-corrected chi connectivity index (χ4v) is 3.42. The van der Waals surface area contributed by atoms with Crippen LogP contribution in [0.1, 0.15) is 0 Å². The summed E-state index contributed by atoms with van der Waals surface area (Å²) in [5.74, 6) is 0.229. The summed E-state index contributed by atoms with van der Waals surface area (Å²) in [6.07, 6.45) is 9.04. The molecule has 0 fully saturated rings. The van der Waals surface area contributed by atoms with Crippen molar-refractivity contribution in [2.75, 3.05) is 0 Å². The van der Waals surface area contributed by atoms with E-state index in [2.05, 4.69) is 32.7 Å². The van der Waals surface area contributed by atoms with E-state index in [4.69, 9.17) is 0 Å². The number of aromatic nitrogens is 4. The lowest BCUT2D eigenvalue weighted by molar-refractivity contribution is 0.448. The number of hydrogen-bond donors (Lipinski definition) is 1. The molecule has 0 amide bonds. The number of hydrogen-bond acceptors (Lipinski definition) is 3. The first-order chi connectivity index (χ1) is 12.7. The first-order valence-corrected chi connectivity index (χ1v) is 8.35. The van der Waals surface area contributed by atoms with Crippen molar-refractivity contribution in [2.24, 2.45) is 7.05 Å². The molecule has 0 spiro atoms. The summed E-state index contributed by atoms with van der Waals surface area (Å²) in [4.78, 5) is 8.13. The van der Waals surface area contributed by atoms with E-state index in [-0.39, 0.29) is 5.88 Å². The van der Waals surface area contributed by atoms with Crippen molar-refractivity contribution in [1.82, 2.24) is 19.1 Å². The van der Waals surface area contributed by atoms with Gasteiger partial charge in [-0.05, 0) is 35.2 Å². The SMILES string of the molecule is Cn1ccc2ccc(-n3cc4ccc(-c5cncnc5)cc4c3O)cc21. The van der Waals surface area contributed by atoms with E-state index < -0.39 is 0 Å². The molecule has 0 aliphatic carbocycles. The van der Waals surface area contributed by atoms with Crippen LogP contribution in [0.25, 0.3) is 38.5 Å². The van der Waals surface area contributed by atoms with Gasteiger partial charge in [-0.25, -0.2) is 9.97 Å². The van der Waals surface area contributed by atoms with Crippen LogP contribution in [-0.4, -0.2) is 24.2 Å². The van der Waals surface area contributed by atoms with Crippen molar-refractivity contribution in [2.45, 2.75) is 0 Å². The molecule has 5 nitrogen and oxygen atoms in total. The van der Waals surface area contributed by atoms with Gasteiger partial charge in [0, 0.05) is 53.7 Å². The fourth-order valence-electron chi connectivity index (χ4n) is 3.42. The quantitative estimate of drug-likeness (QED) is 0.522. The second-order valence-corrected chi connectivity index (χ2v) is 6.42. The number of benzene rings is 2. The molecule has 0 radical (unpaired) electrons. The maximum absolute atomic E-state index is 10.8. The van der Waals surface area contributed by atoms with E-state index in [0.717, 1.165) is 33.1 Å². The highest BCUT2D eigenvalue weighted by atomic mass is 16.3. The minimum atomic E-state index is 0.229. The summed E-state index contributed by atoms with van der Waals surface area (Å²) in [5, 5.41) is 13.8. The molecule has 3 heterocycles. The predicted molar refractivity (Wildman–Crippen MR) is 102 cm³/mol. The summed E-state index contributed by atoms with van der Waals surface area (Å²) in [5.41, 5.74) is 3.95. The smallest absolute Gasteiger partial charge is 0.203 e.